The number of hydrogen-bond acceptors (Lipinski definition) is 4. The average molecular weight is 377 g/mol. The van der Waals surface area contributed by atoms with E-state index in [2.05, 4.69) is 10.3 Å². The van der Waals surface area contributed by atoms with Gasteiger partial charge in [0.15, 0.2) is 0 Å². The van der Waals surface area contributed by atoms with Crippen molar-refractivity contribution in [1.29, 1.82) is 0 Å². The van der Waals surface area contributed by atoms with Gasteiger partial charge in [-0.3, -0.25) is 4.79 Å². The molecule has 1 atom stereocenters. The summed E-state index contributed by atoms with van der Waals surface area (Å²) in [7, 11) is 0. The van der Waals surface area contributed by atoms with E-state index >= 15 is 0 Å². The maximum absolute atomic E-state index is 12.3. The van der Waals surface area contributed by atoms with Crippen LogP contribution in [0.4, 0.5) is 0 Å². The molecule has 0 radical (unpaired) electrons. The van der Waals surface area contributed by atoms with E-state index < -0.39 is 0 Å². The zero-order chi connectivity index (χ0) is 19.2. The molecule has 0 aliphatic carbocycles. The molecule has 1 amide bonds. The van der Waals surface area contributed by atoms with Gasteiger partial charge in [-0.05, 0) is 41.8 Å². The van der Waals surface area contributed by atoms with Gasteiger partial charge in [0.25, 0.3) is 5.91 Å². The molecule has 6 nitrogen and oxygen atoms in total. The number of amides is 1. The van der Waals surface area contributed by atoms with E-state index in [9.17, 15) is 4.79 Å². The van der Waals surface area contributed by atoms with E-state index in [0.717, 1.165) is 29.8 Å². The van der Waals surface area contributed by atoms with Crippen LogP contribution >= 0.6 is 0 Å². The summed E-state index contributed by atoms with van der Waals surface area (Å²) in [5.41, 5.74) is 2.80. The lowest BCUT2D eigenvalue weighted by Gasteiger charge is -2.11. The first kappa shape index (κ1) is 18.3. The molecular formula is C22H23N3O3. The van der Waals surface area contributed by atoms with Crippen molar-refractivity contribution in [3.63, 3.8) is 0 Å². The van der Waals surface area contributed by atoms with Gasteiger partial charge in [-0.1, -0.05) is 24.3 Å². The predicted molar refractivity (Wildman–Crippen MR) is 106 cm³/mol. The first-order valence-electron chi connectivity index (χ1n) is 9.45. The quantitative estimate of drug-likeness (QED) is 0.687. The number of hydrogen-bond donors (Lipinski definition) is 1. The molecule has 1 aliphatic rings. The van der Waals surface area contributed by atoms with Gasteiger partial charge in [-0.25, -0.2) is 4.98 Å². The number of carbonyl (C=O) groups is 1. The molecule has 2 aromatic carbocycles. The Morgan fingerprint density at radius 1 is 1.14 bits per heavy atom. The Balaban J connectivity index is 1.32. The van der Waals surface area contributed by atoms with Crippen molar-refractivity contribution in [3.8, 4) is 16.9 Å². The second-order valence-corrected chi connectivity index (χ2v) is 6.78. The first-order chi connectivity index (χ1) is 13.8. The number of benzene rings is 2. The maximum atomic E-state index is 12.3. The third kappa shape index (κ3) is 4.58. The monoisotopic (exact) mass is 377 g/mol. The molecule has 1 fully saturated rings. The standard InChI is InChI=1S/C22H23N3O3/c26-22(24-20-9-13-27-15-20)19-3-1-17(2-4-19)18-5-7-21(8-6-18)28-14-12-25-11-10-23-16-25/h1-8,10-11,16,20H,9,12-15H2,(H,24,26). The van der Waals surface area contributed by atoms with Gasteiger partial charge in [-0.15, -0.1) is 0 Å². The third-order valence-electron chi connectivity index (χ3n) is 4.78. The minimum absolute atomic E-state index is 0.0521. The topological polar surface area (TPSA) is 65.4 Å². The van der Waals surface area contributed by atoms with Crippen molar-refractivity contribution in [3.05, 3.63) is 72.8 Å². The molecule has 144 valence electrons. The van der Waals surface area contributed by atoms with Crippen LogP contribution in [0.2, 0.25) is 0 Å². The maximum Gasteiger partial charge on any atom is 0.251 e. The van der Waals surface area contributed by atoms with Crippen molar-refractivity contribution in [2.45, 2.75) is 19.0 Å². The lowest BCUT2D eigenvalue weighted by Crippen LogP contribution is -2.34. The fourth-order valence-electron chi connectivity index (χ4n) is 3.16. The van der Waals surface area contributed by atoms with Crippen molar-refractivity contribution < 1.29 is 14.3 Å². The third-order valence-corrected chi connectivity index (χ3v) is 4.78. The summed E-state index contributed by atoms with van der Waals surface area (Å²) in [6.07, 6.45) is 6.32. The predicted octanol–water partition coefficient (Wildman–Crippen LogP) is 3.15. The van der Waals surface area contributed by atoms with Crippen LogP contribution in [0.3, 0.4) is 0 Å². The molecule has 1 N–H and O–H groups in total. The molecule has 1 unspecified atom stereocenters. The van der Waals surface area contributed by atoms with Gasteiger partial charge in [-0.2, -0.15) is 0 Å². The van der Waals surface area contributed by atoms with E-state index in [4.69, 9.17) is 9.47 Å². The summed E-state index contributed by atoms with van der Waals surface area (Å²) in [6, 6.07) is 15.7. The van der Waals surface area contributed by atoms with Gasteiger partial charge >= 0.3 is 0 Å². The molecule has 4 rings (SSSR count). The molecule has 28 heavy (non-hydrogen) atoms. The summed E-state index contributed by atoms with van der Waals surface area (Å²) in [5.74, 6) is 0.780. The number of rotatable bonds is 7. The van der Waals surface area contributed by atoms with E-state index in [1.807, 2.05) is 59.3 Å². The highest BCUT2D eigenvalue weighted by atomic mass is 16.5. The van der Waals surface area contributed by atoms with E-state index in [0.29, 0.717) is 25.4 Å². The van der Waals surface area contributed by atoms with Gasteiger partial charge in [0.1, 0.15) is 12.4 Å². The Hall–Kier alpha value is -3.12. The van der Waals surface area contributed by atoms with Crippen LogP contribution in [-0.4, -0.2) is 41.3 Å². The smallest absolute Gasteiger partial charge is 0.251 e. The highest BCUT2D eigenvalue weighted by Crippen LogP contribution is 2.23. The zero-order valence-corrected chi connectivity index (χ0v) is 15.6. The first-order valence-corrected chi connectivity index (χ1v) is 9.45. The summed E-state index contributed by atoms with van der Waals surface area (Å²) in [4.78, 5) is 16.3. The normalized spacial score (nSPS) is 16.1. The average Bonchev–Trinajstić information content (AvgIpc) is 3.43. The Kier molecular flexibility index (Phi) is 5.68. The van der Waals surface area contributed by atoms with Crippen molar-refractivity contribution in [2.24, 2.45) is 0 Å². The van der Waals surface area contributed by atoms with Gasteiger partial charge in [0, 0.05) is 24.6 Å². The molecule has 1 saturated heterocycles. The molecule has 2 heterocycles. The van der Waals surface area contributed by atoms with Crippen LogP contribution in [0.15, 0.2) is 67.3 Å². The van der Waals surface area contributed by atoms with Gasteiger partial charge in [0.05, 0.1) is 25.5 Å². The Labute approximate surface area is 164 Å². The van der Waals surface area contributed by atoms with Crippen LogP contribution < -0.4 is 10.1 Å². The SMILES string of the molecule is O=C(NC1CCOC1)c1ccc(-c2ccc(OCCn3ccnc3)cc2)cc1. The second kappa shape index (κ2) is 8.71. The summed E-state index contributed by atoms with van der Waals surface area (Å²) >= 11 is 0. The van der Waals surface area contributed by atoms with Gasteiger partial charge < -0.3 is 19.4 Å². The largest absolute Gasteiger partial charge is 0.492 e. The lowest BCUT2D eigenvalue weighted by atomic mass is 10.0. The number of nitrogens with zero attached hydrogens (tertiary/aromatic N) is 2. The van der Waals surface area contributed by atoms with Crippen molar-refractivity contribution in [2.75, 3.05) is 19.8 Å². The number of ether oxygens (including phenoxy) is 2. The molecule has 0 bridgehead atoms. The van der Waals surface area contributed by atoms with Crippen molar-refractivity contribution in [1.82, 2.24) is 14.9 Å². The Bertz CT molecular complexity index is 884. The summed E-state index contributed by atoms with van der Waals surface area (Å²) in [5, 5.41) is 3.01. The van der Waals surface area contributed by atoms with E-state index in [-0.39, 0.29) is 11.9 Å². The summed E-state index contributed by atoms with van der Waals surface area (Å²) < 4.78 is 13.0. The minimum atomic E-state index is -0.0521. The molecule has 0 saturated carbocycles. The molecule has 1 aromatic heterocycles. The lowest BCUT2D eigenvalue weighted by molar-refractivity contribution is 0.0930. The second-order valence-electron chi connectivity index (χ2n) is 6.78. The van der Waals surface area contributed by atoms with Crippen LogP contribution in [-0.2, 0) is 11.3 Å². The molecule has 6 heteroatoms. The Morgan fingerprint density at radius 2 is 1.89 bits per heavy atom. The Morgan fingerprint density at radius 3 is 2.54 bits per heavy atom. The highest BCUT2D eigenvalue weighted by molar-refractivity contribution is 5.94. The van der Waals surface area contributed by atoms with Crippen LogP contribution in [0.1, 0.15) is 16.8 Å². The van der Waals surface area contributed by atoms with E-state index in [1.54, 1.807) is 12.5 Å². The van der Waals surface area contributed by atoms with E-state index in [1.165, 1.54) is 0 Å². The number of nitrogens with one attached hydrogen (secondary N) is 1. The van der Waals surface area contributed by atoms with Crippen LogP contribution in [0.5, 0.6) is 5.75 Å². The molecule has 0 spiro atoms. The van der Waals surface area contributed by atoms with Crippen LogP contribution in [0.25, 0.3) is 11.1 Å². The molecule has 1 aliphatic heterocycles. The fraction of sp³-hybridized carbons (Fsp3) is 0.273. The zero-order valence-electron chi connectivity index (χ0n) is 15.6. The number of carbonyl (C=O) groups excluding carboxylic acids is 1. The van der Waals surface area contributed by atoms with Crippen LogP contribution in [0, 0.1) is 0 Å². The molecule has 3 aromatic rings. The number of imidazole rings is 1. The highest BCUT2D eigenvalue weighted by Gasteiger charge is 2.18. The fourth-order valence-corrected chi connectivity index (χ4v) is 3.16. The molecular weight excluding hydrogens is 354 g/mol. The van der Waals surface area contributed by atoms with Gasteiger partial charge in [0.2, 0.25) is 0 Å². The van der Waals surface area contributed by atoms with Crippen molar-refractivity contribution >= 4 is 5.91 Å². The minimum Gasteiger partial charge on any atom is -0.492 e. The summed E-state index contributed by atoms with van der Waals surface area (Å²) in [6.45, 7) is 2.66. The number of aromatic nitrogens is 2.